The number of benzene rings is 2. The summed E-state index contributed by atoms with van der Waals surface area (Å²) in [7, 11) is 0. The number of anilines is 1. The number of hydrogen-bond acceptors (Lipinski definition) is 3. The molecule has 0 spiro atoms. The van der Waals surface area contributed by atoms with Gasteiger partial charge < -0.3 is 10.3 Å². The molecule has 4 nitrogen and oxygen atoms in total. The first kappa shape index (κ1) is 15.6. The maximum Gasteiger partial charge on any atom is 0.226 e. The highest BCUT2D eigenvalue weighted by Gasteiger charge is 2.09. The predicted octanol–water partition coefficient (Wildman–Crippen LogP) is 4.86. The molecular weight excluding hydrogens is 330 g/mol. The number of aromatic amines is 1. The molecule has 2 aromatic carbocycles. The molecule has 0 saturated heterocycles. The van der Waals surface area contributed by atoms with Crippen LogP contribution >= 0.6 is 11.3 Å². The highest BCUT2D eigenvalue weighted by molar-refractivity contribution is 7.14. The van der Waals surface area contributed by atoms with Crippen molar-refractivity contribution in [2.45, 2.75) is 12.8 Å². The van der Waals surface area contributed by atoms with Crippen molar-refractivity contribution in [3.8, 4) is 11.4 Å². The Labute approximate surface area is 149 Å². The van der Waals surface area contributed by atoms with Gasteiger partial charge in [0.1, 0.15) is 0 Å². The molecule has 0 fully saturated rings. The van der Waals surface area contributed by atoms with Crippen LogP contribution in [0.5, 0.6) is 0 Å². The van der Waals surface area contributed by atoms with Gasteiger partial charge in [-0.05, 0) is 34.9 Å². The van der Waals surface area contributed by atoms with Gasteiger partial charge in [0.05, 0.1) is 11.4 Å². The van der Waals surface area contributed by atoms with Gasteiger partial charge in [-0.2, -0.15) is 0 Å². The molecule has 1 amide bonds. The number of nitrogens with one attached hydrogen (secondary N) is 2. The Balaban J connectivity index is 1.37. The lowest BCUT2D eigenvalue weighted by Crippen LogP contribution is -2.12. The predicted molar refractivity (Wildman–Crippen MR) is 103 cm³/mol. The average Bonchev–Trinajstić information content (AvgIpc) is 3.31. The Kier molecular flexibility index (Phi) is 4.31. The van der Waals surface area contributed by atoms with Crippen molar-refractivity contribution in [1.82, 2.24) is 9.97 Å². The first-order chi connectivity index (χ1) is 12.3. The van der Waals surface area contributed by atoms with Gasteiger partial charge in [-0.1, -0.05) is 42.5 Å². The minimum atomic E-state index is -0.0134. The molecule has 4 rings (SSSR count). The number of fused-ring (bicyclic) bond motifs is 1. The zero-order valence-electron chi connectivity index (χ0n) is 13.5. The van der Waals surface area contributed by atoms with Crippen LogP contribution in [0.3, 0.4) is 0 Å². The Hall–Kier alpha value is -2.92. The summed E-state index contributed by atoms with van der Waals surface area (Å²) in [5.41, 5.74) is 2.97. The second-order valence-electron chi connectivity index (χ2n) is 5.85. The standard InChI is InChI=1S/C20H17N3OS/c24-19(23-20-22-18(13-25-20)17-6-3-11-21-17)10-8-14-7-9-15-4-1-2-5-16(15)12-14/h1-7,9,11-13,21H,8,10H2,(H,22,23,24). The molecule has 2 aromatic heterocycles. The van der Waals surface area contributed by atoms with Gasteiger partial charge >= 0.3 is 0 Å². The van der Waals surface area contributed by atoms with Gasteiger partial charge in [-0.25, -0.2) is 4.98 Å². The number of nitrogens with zero attached hydrogens (tertiary/aromatic N) is 1. The summed E-state index contributed by atoms with van der Waals surface area (Å²) in [5, 5.41) is 7.88. The molecule has 0 radical (unpaired) electrons. The third-order valence-corrected chi connectivity index (χ3v) is 4.84. The van der Waals surface area contributed by atoms with Crippen LogP contribution < -0.4 is 5.32 Å². The van der Waals surface area contributed by atoms with Crippen molar-refractivity contribution < 1.29 is 4.79 Å². The van der Waals surface area contributed by atoms with Gasteiger partial charge in [0.15, 0.2) is 5.13 Å². The van der Waals surface area contributed by atoms with E-state index in [4.69, 9.17) is 0 Å². The molecule has 0 unspecified atom stereocenters. The first-order valence-electron chi connectivity index (χ1n) is 8.15. The van der Waals surface area contributed by atoms with Gasteiger partial charge in [0.25, 0.3) is 0 Å². The maximum absolute atomic E-state index is 12.2. The van der Waals surface area contributed by atoms with Crippen molar-refractivity contribution >= 4 is 33.1 Å². The molecule has 0 saturated carbocycles. The number of thiazole rings is 1. The maximum atomic E-state index is 12.2. The number of H-pyrrole nitrogens is 1. The van der Waals surface area contributed by atoms with E-state index in [0.29, 0.717) is 18.0 Å². The lowest BCUT2D eigenvalue weighted by atomic mass is 10.0. The van der Waals surface area contributed by atoms with Crippen LogP contribution in [0.4, 0.5) is 5.13 Å². The molecule has 4 aromatic rings. The molecule has 0 aliphatic carbocycles. The Morgan fingerprint density at radius 1 is 1.08 bits per heavy atom. The summed E-state index contributed by atoms with van der Waals surface area (Å²) in [6, 6.07) is 18.5. The van der Waals surface area contributed by atoms with E-state index in [1.165, 1.54) is 27.7 Å². The molecule has 2 heterocycles. The zero-order chi connectivity index (χ0) is 17.1. The van der Waals surface area contributed by atoms with Crippen LogP contribution in [-0.4, -0.2) is 15.9 Å². The van der Waals surface area contributed by atoms with Crippen molar-refractivity contribution in [3.05, 3.63) is 71.7 Å². The van der Waals surface area contributed by atoms with Crippen LogP contribution in [0.15, 0.2) is 66.2 Å². The second kappa shape index (κ2) is 6.91. The third-order valence-electron chi connectivity index (χ3n) is 4.08. The summed E-state index contributed by atoms with van der Waals surface area (Å²) in [5.74, 6) is -0.0134. The van der Waals surface area contributed by atoms with E-state index < -0.39 is 0 Å². The second-order valence-corrected chi connectivity index (χ2v) is 6.71. The van der Waals surface area contributed by atoms with Crippen LogP contribution in [0.1, 0.15) is 12.0 Å². The summed E-state index contributed by atoms with van der Waals surface area (Å²) < 4.78 is 0. The average molecular weight is 347 g/mol. The van der Waals surface area contributed by atoms with Crippen LogP contribution in [0.2, 0.25) is 0 Å². The number of aryl methyl sites for hydroxylation is 1. The minimum Gasteiger partial charge on any atom is -0.360 e. The van der Waals surface area contributed by atoms with E-state index >= 15 is 0 Å². The molecule has 0 aliphatic rings. The molecule has 5 heteroatoms. The third kappa shape index (κ3) is 3.61. The van der Waals surface area contributed by atoms with E-state index in [-0.39, 0.29) is 5.91 Å². The van der Waals surface area contributed by atoms with Gasteiger partial charge in [-0.3, -0.25) is 4.79 Å². The quantitative estimate of drug-likeness (QED) is 0.541. The molecule has 2 N–H and O–H groups in total. The summed E-state index contributed by atoms with van der Waals surface area (Å²) in [4.78, 5) is 19.7. The molecular formula is C20H17N3OS. The van der Waals surface area contributed by atoms with Gasteiger partial charge in [0, 0.05) is 18.0 Å². The van der Waals surface area contributed by atoms with E-state index in [1.54, 1.807) is 0 Å². The number of hydrogen-bond donors (Lipinski definition) is 2. The number of carbonyl (C=O) groups is 1. The Morgan fingerprint density at radius 3 is 2.80 bits per heavy atom. The molecule has 0 aliphatic heterocycles. The van der Waals surface area contributed by atoms with Crippen LogP contribution in [-0.2, 0) is 11.2 Å². The fraction of sp³-hybridized carbons (Fsp3) is 0.100. The Morgan fingerprint density at radius 2 is 1.96 bits per heavy atom. The SMILES string of the molecule is O=C(CCc1ccc2ccccc2c1)Nc1nc(-c2ccc[nH]2)cs1. The Bertz CT molecular complexity index is 1000. The van der Waals surface area contributed by atoms with Crippen molar-refractivity contribution in [1.29, 1.82) is 0 Å². The minimum absolute atomic E-state index is 0.0134. The van der Waals surface area contributed by atoms with Crippen molar-refractivity contribution in [2.24, 2.45) is 0 Å². The topological polar surface area (TPSA) is 57.8 Å². The van der Waals surface area contributed by atoms with E-state index in [9.17, 15) is 4.79 Å². The van der Waals surface area contributed by atoms with E-state index in [2.05, 4.69) is 45.6 Å². The van der Waals surface area contributed by atoms with Crippen LogP contribution in [0.25, 0.3) is 22.2 Å². The van der Waals surface area contributed by atoms with Crippen molar-refractivity contribution in [3.63, 3.8) is 0 Å². The van der Waals surface area contributed by atoms with E-state index in [1.807, 2.05) is 35.8 Å². The fourth-order valence-electron chi connectivity index (χ4n) is 2.78. The number of aromatic nitrogens is 2. The fourth-order valence-corrected chi connectivity index (χ4v) is 3.51. The first-order valence-corrected chi connectivity index (χ1v) is 9.03. The number of carbonyl (C=O) groups excluding carboxylic acids is 1. The van der Waals surface area contributed by atoms with Crippen molar-refractivity contribution in [2.75, 3.05) is 5.32 Å². The molecule has 0 atom stereocenters. The number of amides is 1. The van der Waals surface area contributed by atoms with Gasteiger partial charge in [-0.15, -0.1) is 11.3 Å². The summed E-state index contributed by atoms with van der Waals surface area (Å²) >= 11 is 1.44. The summed E-state index contributed by atoms with van der Waals surface area (Å²) in [6.07, 6.45) is 3.01. The number of rotatable bonds is 5. The lowest BCUT2D eigenvalue weighted by Gasteiger charge is -2.04. The molecule has 124 valence electrons. The zero-order valence-corrected chi connectivity index (χ0v) is 14.3. The monoisotopic (exact) mass is 347 g/mol. The lowest BCUT2D eigenvalue weighted by molar-refractivity contribution is -0.116. The van der Waals surface area contributed by atoms with E-state index in [0.717, 1.165) is 11.4 Å². The largest absolute Gasteiger partial charge is 0.360 e. The highest BCUT2D eigenvalue weighted by atomic mass is 32.1. The van der Waals surface area contributed by atoms with Crippen LogP contribution in [0, 0.1) is 0 Å². The van der Waals surface area contributed by atoms with Gasteiger partial charge in [0.2, 0.25) is 5.91 Å². The smallest absolute Gasteiger partial charge is 0.226 e. The molecule has 25 heavy (non-hydrogen) atoms. The normalized spacial score (nSPS) is 10.9. The molecule has 0 bridgehead atoms. The summed E-state index contributed by atoms with van der Waals surface area (Å²) in [6.45, 7) is 0. The highest BCUT2D eigenvalue weighted by Crippen LogP contribution is 2.23.